The Bertz CT molecular complexity index is 1240. The van der Waals surface area contributed by atoms with Crippen LogP contribution in [0.5, 0.6) is 5.75 Å². The summed E-state index contributed by atoms with van der Waals surface area (Å²) in [7, 11) is 0. The van der Waals surface area contributed by atoms with Gasteiger partial charge < -0.3 is 29.9 Å². The van der Waals surface area contributed by atoms with Gasteiger partial charge in [0.15, 0.2) is 0 Å². The lowest BCUT2D eigenvalue weighted by atomic mass is 9.77. The van der Waals surface area contributed by atoms with E-state index >= 15 is 0 Å². The van der Waals surface area contributed by atoms with Gasteiger partial charge in [0.2, 0.25) is 5.91 Å². The Hall–Kier alpha value is -3.41. The van der Waals surface area contributed by atoms with Crippen LogP contribution in [0.1, 0.15) is 40.2 Å². The van der Waals surface area contributed by atoms with Crippen LogP contribution in [0.4, 0.5) is 13.2 Å². The van der Waals surface area contributed by atoms with Crippen LogP contribution in [0.2, 0.25) is 0 Å². The molecule has 2 aliphatic heterocycles. The Balaban J connectivity index is 1.54. The molecule has 11 heteroatoms. The number of nitrogens with one attached hydrogen (secondary N) is 1. The summed E-state index contributed by atoms with van der Waals surface area (Å²) in [6.07, 6.45) is -4.05. The summed E-state index contributed by atoms with van der Waals surface area (Å²) in [4.78, 5) is 28.4. The number of halogens is 3. The third-order valence-electron chi connectivity index (χ3n) is 7.38. The van der Waals surface area contributed by atoms with Crippen molar-refractivity contribution < 1.29 is 42.4 Å². The second kappa shape index (κ2) is 11.0. The number of carbonyl (C=O) groups excluding carboxylic acids is 2. The van der Waals surface area contributed by atoms with Gasteiger partial charge in [0.1, 0.15) is 18.0 Å². The molecule has 39 heavy (non-hydrogen) atoms. The van der Waals surface area contributed by atoms with Gasteiger partial charge in [0, 0.05) is 36.4 Å². The first kappa shape index (κ1) is 27.2. The summed E-state index contributed by atoms with van der Waals surface area (Å²) in [6, 6.07) is 9.95. The van der Waals surface area contributed by atoms with Crippen LogP contribution >= 0.6 is 0 Å². The molecular formula is C28H29F3N2O6. The van der Waals surface area contributed by atoms with Gasteiger partial charge in [-0.3, -0.25) is 9.59 Å². The van der Waals surface area contributed by atoms with Crippen molar-refractivity contribution in [2.24, 2.45) is 0 Å². The van der Waals surface area contributed by atoms with Crippen molar-refractivity contribution in [3.8, 4) is 5.75 Å². The molecule has 0 radical (unpaired) electrons. The molecule has 0 unspecified atom stereocenters. The molecule has 0 bridgehead atoms. The van der Waals surface area contributed by atoms with E-state index in [0.717, 1.165) is 30.7 Å². The lowest BCUT2D eigenvalue weighted by molar-refractivity contribution is -0.137. The van der Waals surface area contributed by atoms with Gasteiger partial charge in [0.05, 0.1) is 30.2 Å². The number of fused-ring (bicyclic) bond motifs is 3. The van der Waals surface area contributed by atoms with Crippen LogP contribution in [-0.2, 0) is 15.7 Å². The summed E-state index contributed by atoms with van der Waals surface area (Å²) in [6.45, 7) is 0.305. The van der Waals surface area contributed by atoms with Crippen LogP contribution in [0.15, 0.2) is 60.2 Å². The van der Waals surface area contributed by atoms with E-state index in [1.807, 2.05) is 0 Å². The molecule has 8 nitrogen and oxygen atoms in total. The van der Waals surface area contributed by atoms with Crippen molar-refractivity contribution in [2.45, 2.75) is 49.3 Å². The van der Waals surface area contributed by atoms with Crippen molar-refractivity contribution in [2.75, 3.05) is 26.3 Å². The zero-order valence-corrected chi connectivity index (χ0v) is 20.9. The van der Waals surface area contributed by atoms with E-state index in [0.29, 0.717) is 24.3 Å². The van der Waals surface area contributed by atoms with Gasteiger partial charge in [0.25, 0.3) is 5.91 Å². The summed E-state index contributed by atoms with van der Waals surface area (Å²) in [5.41, 5.74) is 0.104. The van der Waals surface area contributed by atoms with Gasteiger partial charge in [-0.25, -0.2) is 0 Å². The molecule has 208 valence electrons. The average Bonchev–Trinajstić information content (AvgIpc) is 3.58. The molecule has 1 fully saturated rings. The highest BCUT2D eigenvalue weighted by molar-refractivity contribution is 5.97. The normalized spacial score (nSPS) is 25.8. The van der Waals surface area contributed by atoms with Crippen molar-refractivity contribution in [3.63, 3.8) is 0 Å². The zero-order chi connectivity index (χ0) is 27.7. The maximum atomic E-state index is 13.8. The van der Waals surface area contributed by atoms with Crippen LogP contribution in [0.25, 0.3) is 0 Å². The number of benzene rings is 2. The predicted molar refractivity (Wildman–Crippen MR) is 133 cm³/mol. The third kappa shape index (κ3) is 5.39. The fourth-order valence-electron chi connectivity index (χ4n) is 5.51. The number of hydrogen-bond donors (Lipinski definition) is 3. The lowest BCUT2D eigenvalue weighted by Crippen LogP contribution is -2.57. The maximum absolute atomic E-state index is 13.8. The number of nitrogens with zero attached hydrogens (tertiary/aromatic N) is 1. The largest absolute Gasteiger partial charge is 0.486 e. The minimum atomic E-state index is -4.55. The molecule has 3 aliphatic rings. The smallest absolute Gasteiger partial charge is 0.416 e. The first-order chi connectivity index (χ1) is 18.7. The van der Waals surface area contributed by atoms with E-state index in [1.54, 1.807) is 24.3 Å². The SMILES string of the molecule is O=C(NCCO)C1=C[C@@H](N(C[C@@H]2CCCO2)C(=O)c2ccc(C(F)(F)F)cc2)[C@H](O)[C@H]2Oc3ccccc3[C@@H]12. The Morgan fingerprint density at radius 2 is 1.85 bits per heavy atom. The maximum Gasteiger partial charge on any atom is 0.416 e. The second-order valence-electron chi connectivity index (χ2n) is 9.85. The highest BCUT2D eigenvalue weighted by Crippen LogP contribution is 2.47. The van der Waals surface area contributed by atoms with E-state index in [-0.39, 0.29) is 36.9 Å². The van der Waals surface area contributed by atoms with Crippen LogP contribution in [-0.4, -0.2) is 77.6 Å². The fraction of sp³-hybridized carbons (Fsp3) is 0.429. The number of aliphatic hydroxyl groups is 2. The monoisotopic (exact) mass is 546 g/mol. The Morgan fingerprint density at radius 3 is 2.51 bits per heavy atom. The fourth-order valence-corrected chi connectivity index (χ4v) is 5.51. The molecule has 0 aromatic heterocycles. The molecule has 5 atom stereocenters. The van der Waals surface area contributed by atoms with Crippen molar-refractivity contribution in [1.29, 1.82) is 0 Å². The van der Waals surface area contributed by atoms with Crippen LogP contribution in [0, 0.1) is 0 Å². The van der Waals surface area contributed by atoms with E-state index in [4.69, 9.17) is 9.47 Å². The van der Waals surface area contributed by atoms with Crippen molar-refractivity contribution in [3.05, 3.63) is 76.9 Å². The quantitative estimate of drug-likeness (QED) is 0.493. The topological polar surface area (TPSA) is 108 Å². The van der Waals surface area contributed by atoms with Gasteiger partial charge in [-0.15, -0.1) is 0 Å². The number of alkyl halides is 3. The molecule has 2 aromatic carbocycles. The molecule has 2 heterocycles. The molecule has 2 amide bonds. The minimum Gasteiger partial charge on any atom is -0.486 e. The number of amides is 2. The van der Waals surface area contributed by atoms with Gasteiger partial charge in [-0.05, 0) is 49.2 Å². The molecule has 0 saturated carbocycles. The molecule has 1 aliphatic carbocycles. The summed E-state index contributed by atoms with van der Waals surface area (Å²) in [5, 5.41) is 23.4. The average molecular weight is 547 g/mol. The summed E-state index contributed by atoms with van der Waals surface area (Å²) < 4.78 is 51.2. The molecule has 1 saturated heterocycles. The van der Waals surface area contributed by atoms with Gasteiger partial charge >= 0.3 is 6.18 Å². The van der Waals surface area contributed by atoms with Gasteiger partial charge in [-0.1, -0.05) is 18.2 Å². The predicted octanol–water partition coefficient (Wildman–Crippen LogP) is 2.65. The first-order valence-electron chi connectivity index (χ1n) is 12.8. The third-order valence-corrected chi connectivity index (χ3v) is 7.38. The van der Waals surface area contributed by atoms with Crippen LogP contribution < -0.4 is 10.1 Å². The number of hydrogen-bond acceptors (Lipinski definition) is 6. The van der Waals surface area contributed by atoms with Gasteiger partial charge in [-0.2, -0.15) is 13.2 Å². The van der Waals surface area contributed by atoms with E-state index in [2.05, 4.69) is 5.32 Å². The highest BCUT2D eigenvalue weighted by Gasteiger charge is 2.50. The molecule has 5 rings (SSSR count). The highest BCUT2D eigenvalue weighted by atomic mass is 19.4. The van der Waals surface area contributed by atoms with Crippen LogP contribution in [0.3, 0.4) is 0 Å². The molecular weight excluding hydrogens is 517 g/mol. The molecule has 0 spiro atoms. The first-order valence-corrected chi connectivity index (χ1v) is 12.8. The molecule has 3 N–H and O–H groups in total. The lowest BCUT2D eigenvalue weighted by Gasteiger charge is -2.41. The Morgan fingerprint density at radius 1 is 1.10 bits per heavy atom. The number of aliphatic hydroxyl groups excluding tert-OH is 2. The number of rotatable bonds is 7. The zero-order valence-electron chi connectivity index (χ0n) is 20.9. The van der Waals surface area contributed by atoms with E-state index in [1.165, 1.54) is 11.0 Å². The summed E-state index contributed by atoms with van der Waals surface area (Å²) >= 11 is 0. The van der Waals surface area contributed by atoms with Crippen molar-refractivity contribution in [1.82, 2.24) is 10.2 Å². The number of ether oxygens (including phenoxy) is 2. The van der Waals surface area contributed by atoms with E-state index < -0.39 is 47.7 Å². The number of carbonyl (C=O) groups is 2. The Labute approximate surface area is 223 Å². The standard InChI is InChI=1S/C28H29F3N2O6/c29-28(30,31)17-9-7-16(8-10-17)27(37)33(15-18-4-3-13-38-18)21-14-20(26(36)32-11-12-34)23-19-5-1-2-6-22(19)39-25(23)24(21)35/h1-2,5-10,14,18,21,23-25,34-35H,3-4,11-13,15H2,(H,32,36)/t18-,21+,23-,24-,25-/m0/s1. The van der Waals surface area contributed by atoms with Crippen molar-refractivity contribution >= 4 is 11.8 Å². The Kier molecular flexibility index (Phi) is 7.66. The molecule has 2 aromatic rings. The summed E-state index contributed by atoms with van der Waals surface area (Å²) in [5.74, 6) is -1.19. The minimum absolute atomic E-state index is 0.00521. The van der Waals surface area contributed by atoms with E-state index in [9.17, 15) is 33.0 Å². The number of para-hydroxylation sites is 1. The second-order valence-corrected chi connectivity index (χ2v) is 9.85.